The average molecular weight is 252 g/mol. The van der Waals surface area contributed by atoms with Gasteiger partial charge in [-0.3, -0.25) is 4.98 Å². The summed E-state index contributed by atoms with van der Waals surface area (Å²) in [6, 6.07) is 4.14. The van der Waals surface area contributed by atoms with Gasteiger partial charge in [-0.2, -0.15) is 11.8 Å². The van der Waals surface area contributed by atoms with E-state index in [1.165, 1.54) is 37.0 Å². The van der Waals surface area contributed by atoms with E-state index >= 15 is 0 Å². The average Bonchev–Trinajstić information content (AvgIpc) is 2.38. The molecule has 3 heteroatoms. The lowest BCUT2D eigenvalue weighted by molar-refractivity contribution is 0.600. The second-order valence-corrected chi connectivity index (χ2v) is 5.25. The Hall–Kier alpha value is -0.540. The first kappa shape index (κ1) is 14.5. The zero-order valence-electron chi connectivity index (χ0n) is 10.8. The minimum atomic E-state index is 1.07. The van der Waals surface area contributed by atoms with Gasteiger partial charge in [-0.25, -0.2) is 0 Å². The third-order valence-electron chi connectivity index (χ3n) is 2.77. The Balaban J connectivity index is 1.85. The molecule has 1 aromatic rings. The Kier molecular flexibility index (Phi) is 9.06. The molecule has 0 unspecified atom stereocenters. The van der Waals surface area contributed by atoms with Crippen molar-refractivity contribution in [3.05, 3.63) is 30.1 Å². The van der Waals surface area contributed by atoms with Crippen LogP contribution < -0.4 is 5.32 Å². The number of aromatic nitrogens is 1. The van der Waals surface area contributed by atoms with Crippen molar-refractivity contribution in [1.82, 2.24) is 10.3 Å². The number of pyridine rings is 1. The molecular weight excluding hydrogens is 228 g/mol. The van der Waals surface area contributed by atoms with Gasteiger partial charge in [-0.05, 0) is 56.0 Å². The SMILES string of the molecule is CSCCCCCCNCCc1cccnc1. The minimum Gasteiger partial charge on any atom is -0.316 e. The van der Waals surface area contributed by atoms with E-state index in [0.717, 1.165) is 19.5 Å². The molecule has 0 aliphatic rings. The van der Waals surface area contributed by atoms with E-state index in [-0.39, 0.29) is 0 Å². The molecule has 0 atom stereocenters. The molecule has 0 aromatic carbocycles. The quantitative estimate of drug-likeness (QED) is 0.648. The number of hydrogen-bond donors (Lipinski definition) is 1. The molecule has 1 aromatic heterocycles. The molecule has 0 amide bonds. The fourth-order valence-corrected chi connectivity index (χ4v) is 2.25. The predicted molar refractivity (Wildman–Crippen MR) is 77.7 cm³/mol. The molecule has 0 fully saturated rings. The highest BCUT2D eigenvalue weighted by Gasteiger charge is 1.93. The predicted octanol–water partition coefficient (Wildman–Crippen LogP) is 3.14. The van der Waals surface area contributed by atoms with Crippen LogP contribution in [0.2, 0.25) is 0 Å². The van der Waals surface area contributed by atoms with E-state index in [0.29, 0.717) is 0 Å². The second-order valence-electron chi connectivity index (χ2n) is 4.27. The van der Waals surface area contributed by atoms with Crippen LogP contribution in [-0.2, 0) is 6.42 Å². The van der Waals surface area contributed by atoms with E-state index in [4.69, 9.17) is 0 Å². The van der Waals surface area contributed by atoms with Gasteiger partial charge in [0.2, 0.25) is 0 Å². The van der Waals surface area contributed by atoms with E-state index in [1.54, 1.807) is 0 Å². The van der Waals surface area contributed by atoms with Crippen LogP contribution in [0.25, 0.3) is 0 Å². The Bertz CT molecular complexity index is 264. The van der Waals surface area contributed by atoms with Crippen molar-refractivity contribution in [3.8, 4) is 0 Å². The molecule has 1 rings (SSSR count). The lowest BCUT2D eigenvalue weighted by atomic mass is 10.2. The Morgan fingerprint density at radius 2 is 2.06 bits per heavy atom. The number of thioether (sulfide) groups is 1. The molecule has 17 heavy (non-hydrogen) atoms. The summed E-state index contributed by atoms with van der Waals surface area (Å²) < 4.78 is 0. The van der Waals surface area contributed by atoms with E-state index < -0.39 is 0 Å². The van der Waals surface area contributed by atoms with E-state index in [1.807, 2.05) is 30.2 Å². The van der Waals surface area contributed by atoms with Gasteiger partial charge < -0.3 is 5.32 Å². The molecule has 0 aliphatic heterocycles. The third kappa shape index (κ3) is 8.22. The summed E-state index contributed by atoms with van der Waals surface area (Å²) in [4.78, 5) is 4.11. The van der Waals surface area contributed by atoms with Gasteiger partial charge in [0.25, 0.3) is 0 Å². The fraction of sp³-hybridized carbons (Fsp3) is 0.643. The zero-order valence-corrected chi connectivity index (χ0v) is 11.6. The summed E-state index contributed by atoms with van der Waals surface area (Å²) in [5, 5.41) is 3.49. The number of hydrogen-bond acceptors (Lipinski definition) is 3. The highest BCUT2D eigenvalue weighted by atomic mass is 32.2. The largest absolute Gasteiger partial charge is 0.316 e. The van der Waals surface area contributed by atoms with Gasteiger partial charge >= 0.3 is 0 Å². The van der Waals surface area contributed by atoms with E-state index in [9.17, 15) is 0 Å². The summed E-state index contributed by atoms with van der Waals surface area (Å²) in [6.45, 7) is 2.22. The summed E-state index contributed by atoms with van der Waals surface area (Å²) in [7, 11) is 0. The lowest BCUT2D eigenvalue weighted by Crippen LogP contribution is -2.18. The monoisotopic (exact) mass is 252 g/mol. The maximum absolute atomic E-state index is 4.11. The zero-order chi connectivity index (χ0) is 12.2. The van der Waals surface area contributed by atoms with Crippen LogP contribution in [0, 0.1) is 0 Å². The van der Waals surface area contributed by atoms with Gasteiger partial charge in [-0.15, -0.1) is 0 Å². The van der Waals surface area contributed by atoms with Gasteiger partial charge in [0.15, 0.2) is 0 Å². The van der Waals surface area contributed by atoms with Gasteiger partial charge in [-0.1, -0.05) is 18.9 Å². The molecule has 0 radical (unpaired) electrons. The second kappa shape index (κ2) is 10.6. The van der Waals surface area contributed by atoms with Crippen molar-refractivity contribution < 1.29 is 0 Å². The Labute approximate surface area is 110 Å². The fourth-order valence-electron chi connectivity index (χ4n) is 1.75. The maximum Gasteiger partial charge on any atom is 0.0300 e. The molecule has 1 heterocycles. The summed E-state index contributed by atoms with van der Waals surface area (Å²) >= 11 is 1.95. The minimum absolute atomic E-state index is 1.07. The first-order valence-electron chi connectivity index (χ1n) is 6.52. The van der Waals surface area contributed by atoms with Crippen LogP contribution in [0.4, 0.5) is 0 Å². The van der Waals surface area contributed by atoms with Crippen LogP contribution in [0.5, 0.6) is 0 Å². The molecule has 0 aliphatic carbocycles. The number of nitrogens with one attached hydrogen (secondary N) is 1. The highest BCUT2D eigenvalue weighted by molar-refractivity contribution is 7.98. The van der Waals surface area contributed by atoms with Crippen molar-refractivity contribution in [2.75, 3.05) is 25.1 Å². The van der Waals surface area contributed by atoms with Crippen molar-refractivity contribution in [1.29, 1.82) is 0 Å². The lowest BCUT2D eigenvalue weighted by Gasteiger charge is -2.04. The number of nitrogens with zero attached hydrogens (tertiary/aromatic N) is 1. The Morgan fingerprint density at radius 1 is 1.18 bits per heavy atom. The summed E-state index contributed by atoms with van der Waals surface area (Å²) in [5.74, 6) is 1.31. The molecule has 0 spiro atoms. The van der Waals surface area contributed by atoms with Crippen LogP contribution in [-0.4, -0.2) is 30.1 Å². The molecule has 96 valence electrons. The normalized spacial score (nSPS) is 10.6. The van der Waals surface area contributed by atoms with Crippen LogP contribution in [0.15, 0.2) is 24.5 Å². The summed E-state index contributed by atoms with van der Waals surface area (Å²) in [5.41, 5.74) is 1.32. The highest BCUT2D eigenvalue weighted by Crippen LogP contribution is 2.03. The number of unbranched alkanes of at least 4 members (excludes halogenated alkanes) is 3. The van der Waals surface area contributed by atoms with Gasteiger partial charge in [0, 0.05) is 12.4 Å². The van der Waals surface area contributed by atoms with Crippen molar-refractivity contribution in [3.63, 3.8) is 0 Å². The van der Waals surface area contributed by atoms with Crippen LogP contribution in [0.1, 0.15) is 31.2 Å². The molecule has 2 nitrogen and oxygen atoms in total. The first-order valence-corrected chi connectivity index (χ1v) is 7.91. The van der Waals surface area contributed by atoms with Crippen LogP contribution >= 0.6 is 11.8 Å². The van der Waals surface area contributed by atoms with Crippen LogP contribution in [0.3, 0.4) is 0 Å². The first-order chi connectivity index (χ1) is 8.43. The molecule has 0 saturated carbocycles. The van der Waals surface area contributed by atoms with Gasteiger partial charge in [0.05, 0.1) is 0 Å². The van der Waals surface area contributed by atoms with Crippen molar-refractivity contribution in [2.24, 2.45) is 0 Å². The molecule has 0 bridgehead atoms. The molecule has 0 saturated heterocycles. The van der Waals surface area contributed by atoms with E-state index in [2.05, 4.69) is 22.6 Å². The number of rotatable bonds is 10. The molecular formula is C14H24N2S. The standard InChI is InChI=1S/C14H24N2S/c1-17-12-5-3-2-4-9-15-11-8-14-7-6-10-16-13-14/h6-7,10,13,15H,2-5,8-9,11-12H2,1H3. The maximum atomic E-state index is 4.11. The molecule has 1 N–H and O–H groups in total. The smallest absolute Gasteiger partial charge is 0.0300 e. The topological polar surface area (TPSA) is 24.9 Å². The summed E-state index contributed by atoms with van der Waals surface area (Å²) in [6.07, 6.45) is 12.5. The van der Waals surface area contributed by atoms with Gasteiger partial charge in [0.1, 0.15) is 0 Å². The van der Waals surface area contributed by atoms with Crippen molar-refractivity contribution >= 4 is 11.8 Å². The Morgan fingerprint density at radius 3 is 2.82 bits per heavy atom. The van der Waals surface area contributed by atoms with Crippen molar-refractivity contribution in [2.45, 2.75) is 32.1 Å². The third-order valence-corrected chi connectivity index (χ3v) is 3.46.